The Morgan fingerprint density at radius 1 is 1.45 bits per heavy atom. The topological polar surface area (TPSA) is 73.8 Å². The molecule has 2 atom stereocenters. The van der Waals surface area contributed by atoms with E-state index in [1.165, 1.54) is 24.9 Å². The molecule has 2 aliphatic rings. The summed E-state index contributed by atoms with van der Waals surface area (Å²) in [6.45, 7) is 5.21. The molecule has 0 radical (unpaired) electrons. The van der Waals surface area contributed by atoms with E-state index in [0.29, 0.717) is 23.8 Å². The summed E-state index contributed by atoms with van der Waals surface area (Å²) in [5, 5.41) is 6.74. The number of sulfonamides is 1. The minimum atomic E-state index is -3.05. The molecule has 2 fully saturated rings. The van der Waals surface area contributed by atoms with Gasteiger partial charge in [0.05, 0.1) is 6.26 Å². The maximum atomic E-state index is 11.5. The zero-order valence-corrected chi connectivity index (χ0v) is 15.4. The number of aliphatic imine (C=N–C) groups is 1. The van der Waals surface area contributed by atoms with Gasteiger partial charge in [-0.2, -0.15) is 11.8 Å². The van der Waals surface area contributed by atoms with Crippen molar-refractivity contribution < 1.29 is 8.42 Å². The van der Waals surface area contributed by atoms with Crippen LogP contribution in [0.3, 0.4) is 0 Å². The molecule has 22 heavy (non-hydrogen) atoms. The summed E-state index contributed by atoms with van der Waals surface area (Å²) in [5.41, 5.74) is 0. The molecule has 0 saturated carbocycles. The highest BCUT2D eigenvalue weighted by Gasteiger charge is 2.30. The van der Waals surface area contributed by atoms with Gasteiger partial charge in [-0.1, -0.05) is 0 Å². The van der Waals surface area contributed by atoms with E-state index in [1.54, 1.807) is 11.4 Å². The van der Waals surface area contributed by atoms with Crippen LogP contribution in [0.5, 0.6) is 0 Å². The van der Waals surface area contributed by atoms with Crippen LogP contribution in [0.25, 0.3) is 0 Å². The van der Waals surface area contributed by atoms with E-state index in [9.17, 15) is 8.42 Å². The lowest BCUT2D eigenvalue weighted by molar-refractivity contribution is 0.458. The van der Waals surface area contributed by atoms with Crippen molar-refractivity contribution in [3.8, 4) is 0 Å². The van der Waals surface area contributed by atoms with E-state index in [0.717, 1.165) is 25.5 Å². The first kappa shape index (κ1) is 17.9. The van der Waals surface area contributed by atoms with Crippen LogP contribution in [-0.2, 0) is 10.0 Å². The van der Waals surface area contributed by atoms with Gasteiger partial charge in [-0.15, -0.1) is 0 Å². The Kier molecular flexibility index (Phi) is 6.01. The standard InChI is InChI=1S/C14H28N4O2S2/c1-14(6-4-8-21-14)11-17-13(15-2)16-9-12-5-7-18(10-12)22(3,19)20/h12H,4-11H2,1-3H3,(H2,15,16,17). The number of hydrogen-bond acceptors (Lipinski definition) is 4. The SMILES string of the molecule is CN=C(NCC1CCN(S(C)(=O)=O)C1)NCC1(C)CCCS1. The molecule has 2 aliphatic heterocycles. The van der Waals surface area contributed by atoms with Crippen molar-refractivity contribution in [2.75, 3.05) is 45.2 Å². The number of hydrogen-bond donors (Lipinski definition) is 2. The summed E-state index contributed by atoms with van der Waals surface area (Å²) in [6, 6.07) is 0. The summed E-state index contributed by atoms with van der Waals surface area (Å²) in [6.07, 6.45) is 4.72. The number of nitrogens with one attached hydrogen (secondary N) is 2. The van der Waals surface area contributed by atoms with Gasteiger partial charge in [0.2, 0.25) is 10.0 Å². The van der Waals surface area contributed by atoms with Gasteiger partial charge < -0.3 is 10.6 Å². The second-order valence-electron chi connectivity index (χ2n) is 6.48. The lowest BCUT2D eigenvalue weighted by atomic mass is 10.1. The fraction of sp³-hybridized carbons (Fsp3) is 0.929. The van der Waals surface area contributed by atoms with Crippen LogP contribution in [0.2, 0.25) is 0 Å². The number of thioether (sulfide) groups is 1. The molecule has 2 N–H and O–H groups in total. The van der Waals surface area contributed by atoms with E-state index >= 15 is 0 Å². The summed E-state index contributed by atoms with van der Waals surface area (Å²) in [4.78, 5) is 4.26. The molecule has 6 nitrogen and oxygen atoms in total. The third-order valence-electron chi connectivity index (χ3n) is 4.43. The molecule has 0 aromatic rings. The highest BCUT2D eigenvalue weighted by molar-refractivity contribution is 8.00. The average molecular weight is 349 g/mol. The van der Waals surface area contributed by atoms with E-state index in [4.69, 9.17) is 0 Å². The zero-order chi connectivity index (χ0) is 16.2. The van der Waals surface area contributed by atoms with Crippen LogP contribution in [0.1, 0.15) is 26.2 Å². The van der Waals surface area contributed by atoms with E-state index in [2.05, 4.69) is 22.5 Å². The first-order chi connectivity index (χ1) is 10.3. The lowest BCUT2D eigenvalue weighted by Gasteiger charge is -2.24. The third-order valence-corrected chi connectivity index (χ3v) is 7.24. The molecule has 0 aromatic carbocycles. The molecular formula is C14H28N4O2S2. The largest absolute Gasteiger partial charge is 0.356 e. The van der Waals surface area contributed by atoms with Crippen LogP contribution in [0.4, 0.5) is 0 Å². The predicted octanol–water partition coefficient (Wildman–Crippen LogP) is 0.719. The van der Waals surface area contributed by atoms with Gasteiger partial charge in [-0.25, -0.2) is 12.7 Å². The highest BCUT2D eigenvalue weighted by atomic mass is 32.2. The highest BCUT2D eigenvalue weighted by Crippen LogP contribution is 2.36. The second kappa shape index (κ2) is 7.40. The Hall–Kier alpha value is -0.470. The first-order valence-electron chi connectivity index (χ1n) is 7.86. The first-order valence-corrected chi connectivity index (χ1v) is 10.7. The Morgan fingerprint density at radius 2 is 2.23 bits per heavy atom. The molecule has 2 unspecified atom stereocenters. The van der Waals surface area contributed by atoms with E-state index in [1.807, 2.05) is 11.8 Å². The van der Waals surface area contributed by atoms with Gasteiger partial charge in [0, 0.05) is 38.0 Å². The molecule has 2 heterocycles. The van der Waals surface area contributed by atoms with Gasteiger partial charge in [0.25, 0.3) is 0 Å². The molecule has 128 valence electrons. The van der Waals surface area contributed by atoms with Crippen molar-refractivity contribution >= 4 is 27.7 Å². The second-order valence-corrected chi connectivity index (χ2v) is 10.1. The van der Waals surface area contributed by atoms with Crippen molar-refractivity contribution in [1.29, 1.82) is 0 Å². The molecule has 2 rings (SSSR count). The van der Waals surface area contributed by atoms with Crippen molar-refractivity contribution in [3.63, 3.8) is 0 Å². The molecule has 0 bridgehead atoms. The fourth-order valence-corrected chi connectivity index (χ4v) is 5.14. The molecule has 2 saturated heterocycles. The lowest BCUT2D eigenvalue weighted by Crippen LogP contribution is -2.45. The smallest absolute Gasteiger partial charge is 0.211 e. The molecule has 0 aromatic heterocycles. The summed E-state index contributed by atoms with van der Waals surface area (Å²) in [7, 11) is -1.28. The van der Waals surface area contributed by atoms with Crippen molar-refractivity contribution in [2.24, 2.45) is 10.9 Å². The summed E-state index contributed by atoms with van der Waals surface area (Å²) < 4.78 is 24.9. The predicted molar refractivity (Wildman–Crippen MR) is 94.0 cm³/mol. The zero-order valence-electron chi connectivity index (χ0n) is 13.8. The number of guanidine groups is 1. The normalized spacial score (nSPS) is 30.7. The van der Waals surface area contributed by atoms with Crippen LogP contribution < -0.4 is 10.6 Å². The minimum absolute atomic E-state index is 0.304. The Bertz CT molecular complexity index is 501. The van der Waals surface area contributed by atoms with Crippen LogP contribution in [0.15, 0.2) is 4.99 Å². The number of nitrogens with zero attached hydrogens (tertiary/aromatic N) is 2. The molecule has 0 amide bonds. The Morgan fingerprint density at radius 3 is 2.77 bits per heavy atom. The molecular weight excluding hydrogens is 320 g/mol. The Balaban J connectivity index is 1.73. The van der Waals surface area contributed by atoms with Crippen molar-refractivity contribution in [2.45, 2.75) is 30.9 Å². The average Bonchev–Trinajstić information content (AvgIpc) is 3.08. The van der Waals surface area contributed by atoms with Crippen LogP contribution >= 0.6 is 11.8 Å². The molecule has 0 spiro atoms. The van der Waals surface area contributed by atoms with Gasteiger partial charge in [-0.05, 0) is 37.9 Å². The van der Waals surface area contributed by atoms with Crippen LogP contribution in [-0.4, -0.2) is 68.7 Å². The summed E-state index contributed by atoms with van der Waals surface area (Å²) >= 11 is 2.02. The quantitative estimate of drug-likeness (QED) is 0.566. The van der Waals surface area contributed by atoms with Gasteiger partial charge in [0.1, 0.15) is 0 Å². The molecule has 8 heteroatoms. The number of rotatable bonds is 5. The van der Waals surface area contributed by atoms with E-state index < -0.39 is 10.0 Å². The fourth-order valence-electron chi connectivity index (χ4n) is 2.97. The van der Waals surface area contributed by atoms with E-state index in [-0.39, 0.29) is 0 Å². The van der Waals surface area contributed by atoms with Crippen LogP contribution in [0, 0.1) is 5.92 Å². The maximum absolute atomic E-state index is 11.5. The third kappa shape index (κ3) is 5.03. The molecule has 0 aliphatic carbocycles. The van der Waals surface area contributed by atoms with Gasteiger partial charge in [0.15, 0.2) is 5.96 Å². The van der Waals surface area contributed by atoms with Gasteiger partial charge in [-0.3, -0.25) is 4.99 Å². The maximum Gasteiger partial charge on any atom is 0.211 e. The van der Waals surface area contributed by atoms with Gasteiger partial charge >= 0.3 is 0 Å². The minimum Gasteiger partial charge on any atom is -0.356 e. The monoisotopic (exact) mass is 348 g/mol. The van der Waals surface area contributed by atoms with Crippen molar-refractivity contribution in [3.05, 3.63) is 0 Å². The van der Waals surface area contributed by atoms with Crippen molar-refractivity contribution in [1.82, 2.24) is 14.9 Å². The Labute approximate surface area is 138 Å². The summed E-state index contributed by atoms with van der Waals surface area (Å²) in [5.74, 6) is 2.41.